The first-order chi connectivity index (χ1) is 10.2. The van der Waals surface area contributed by atoms with E-state index in [1.807, 2.05) is 31.5 Å². The summed E-state index contributed by atoms with van der Waals surface area (Å²) in [6.07, 6.45) is 3.66. The van der Waals surface area contributed by atoms with Gasteiger partial charge in [-0.25, -0.2) is 4.39 Å². The Morgan fingerprint density at radius 3 is 2.33 bits per heavy atom. The molecular weight excluding hydrogens is 267 g/mol. The summed E-state index contributed by atoms with van der Waals surface area (Å²) >= 11 is 0. The highest BCUT2D eigenvalue weighted by atomic mass is 19.1. The molecule has 1 saturated heterocycles. The molecule has 0 atom stereocenters. The van der Waals surface area contributed by atoms with Gasteiger partial charge in [0.15, 0.2) is 0 Å². The normalized spacial score (nSPS) is 16.2. The lowest BCUT2D eigenvalue weighted by atomic mass is 10.2. The third kappa shape index (κ3) is 3.55. The molecule has 1 fully saturated rings. The lowest BCUT2D eigenvalue weighted by Crippen LogP contribution is -2.46. The molecule has 21 heavy (non-hydrogen) atoms. The SMILES string of the molecule is Cc1cnc(CN2CCN(c3ccc(F)cc3)CC2)cn1. The van der Waals surface area contributed by atoms with Gasteiger partial charge in [0, 0.05) is 50.8 Å². The van der Waals surface area contributed by atoms with Crippen LogP contribution < -0.4 is 4.90 Å². The average Bonchev–Trinajstić information content (AvgIpc) is 2.51. The van der Waals surface area contributed by atoms with Gasteiger partial charge in [-0.15, -0.1) is 0 Å². The van der Waals surface area contributed by atoms with E-state index in [9.17, 15) is 4.39 Å². The molecule has 0 saturated carbocycles. The van der Waals surface area contributed by atoms with Crippen molar-refractivity contribution in [2.75, 3.05) is 31.1 Å². The van der Waals surface area contributed by atoms with Crippen LogP contribution in [-0.2, 0) is 6.54 Å². The molecule has 1 aliphatic heterocycles. The van der Waals surface area contributed by atoms with Crippen LogP contribution in [0.1, 0.15) is 11.4 Å². The van der Waals surface area contributed by atoms with Crippen molar-refractivity contribution in [3.63, 3.8) is 0 Å². The molecule has 1 aliphatic rings. The Morgan fingerprint density at radius 1 is 1.00 bits per heavy atom. The number of halogens is 1. The molecule has 3 rings (SSSR count). The Labute approximate surface area is 124 Å². The summed E-state index contributed by atoms with van der Waals surface area (Å²) in [6, 6.07) is 6.72. The van der Waals surface area contributed by atoms with Crippen LogP contribution in [0.5, 0.6) is 0 Å². The third-order valence-corrected chi connectivity index (χ3v) is 3.78. The van der Waals surface area contributed by atoms with E-state index in [1.165, 1.54) is 12.1 Å². The fourth-order valence-electron chi connectivity index (χ4n) is 2.55. The van der Waals surface area contributed by atoms with Gasteiger partial charge in [0.05, 0.1) is 11.4 Å². The molecule has 2 heterocycles. The number of aromatic nitrogens is 2. The van der Waals surface area contributed by atoms with E-state index >= 15 is 0 Å². The molecule has 1 aromatic heterocycles. The quantitative estimate of drug-likeness (QED) is 0.866. The van der Waals surface area contributed by atoms with E-state index in [2.05, 4.69) is 19.8 Å². The summed E-state index contributed by atoms with van der Waals surface area (Å²) in [5.41, 5.74) is 3.04. The van der Waals surface area contributed by atoms with E-state index in [1.54, 1.807) is 0 Å². The van der Waals surface area contributed by atoms with Crippen LogP contribution in [0.4, 0.5) is 10.1 Å². The van der Waals surface area contributed by atoms with Crippen molar-refractivity contribution >= 4 is 5.69 Å². The van der Waals surface area contributed by atoms with Gasteiger partial charge in [-0.05, 0) is 31.2 Å². The first-order valence-corrected chi connectivity index (χ1v) is 7.21. The molecule has 0 amide bonds. The van der Waals surface area contributed by atoms with Crippen LogP contribution in [0.3, 0.4) is 0 Å². The van der Waals surface area contributed by atoms with Gasteiger partial charge in [0.2, 0.25) is 0 Å². The molecular formula is C16H19FN4. The summed E-state index contributed by atoms with van der Waals surface area (Å²) in [5, 5.41) is 0. The molecule has 0 spiro atoms. The van der Waals surface area contributed by atoms with E-state index in [-0.39, 0.29) is 5.82 Å². The monoisotopic (exact) mass is 286 g/mol. The van der Waals surface area contributed by atoms with Crippen molar-refractivity contribution in [1.82, 2.24) is 14.9 Å². The standard InChI is InChI=1S/C16H19FN4/c1-13-10-19-15(11-18-13)12-20-6-8-21(9-7-20)16-4-2-14(17)3-5-16/h2-5,10-11H,6-9,12H2,1H3. The maximum Gasteiger partial charge on any atom is 0.123 e. The van der Waals surface area contributed by atoms with Crippen molar-refractivity contribution < 1.29 is 4.39 Å². The fraction of sp³-hybridized carbons (Fsp3) is 0.375. The first-order valence-electron chi connectivity index (χ1n) is 7.21. The van der Waals surface area contributed by atoms with Crippen LogP contribution in [-0.4, -0.2) is 41.0 Å². The van der Waals surface area contributed by atoms with Gasteiger partial charge in [-0.1, -0.05) is 0 Å². The first kappa shape index (κ1) is 13.9. The number of hydrogen-bond donors (Lipinski definition) is 0. The highest BCUT2D eigenvalue weighted by Crippen LogP contribution is 2.17. The Hall–Kier alpha value is -2.01. The van der Waals surface area contributed by atoms with E-state index in [0.29, 0.717) is 0 Å². The molecule has 110 valence electrons. The number of rotatable bonds is 3. The smallest absolute Gasteiger partial charge is 0.123 e. The summed E-state index contributed by atoms with van der Waals surface area (Å²) in [5.74, 6) is -0.185. The molecule has 2 aromatic rings. The second-order valence-corrected chi connectivity index (χ2v) is 5.39. The summed E-state index contributed by atoms with van der Waals surface area (Å²) in [7, 11) is 0. The number of benzene rings is 1. The Bertz CT molecular complexity index is 574. The van der Waals surface area contributed by atoms with Crippen molar-refractivity contribution in [2.45, 2.75) is 13.5 Å². The molecule has 1 aromatic carbocycles. The maximum atomic E-state index is 12.9. The van der Waals surface area contributed by atoms with Crippen LogP contribution in [0.25, 0.3) is 0 Å². The molecule has 0 radical (unpaired) electrons. The molecule has 0 aliphatic carbocycles. The lowest BCUT2D eigenvalue weighted by Gasteiger charge is -2.35. The zero-order valence-electron chi connectivity index (χ0n) is 12.2. The maximum absolute atomic E-state index is 12.9. The second-order valence-electron chi connectivity index (χ2n) is 5.39. The van der Waals surface area contributed by atoms with E-state index < -0.39 is 0 Å². The second kappa shape index (κ2) is 6.18. The van der Waals surface area contributed by atoms with Crippen LogP contribution in [0.2, 0.25) is 0 Å². The van der Waals surface area contributed by atoms with Crippen LogP contribution in [0.15, 0.2) is 36.7 Å². The fourth-order valence-corrected chi connectivity index (χ4v) is 2.55. The largest absolute Gasteiger partial charge is 0.369 e. The topological polar surface area (TPSA) is 32.3 Å². The van der Waals surface area contributed by atoms with Crippen LogP contribution >= 0.6 is 0 Å². The third-order valence-electron chi connectivity index (χ3n) is 3.78. The minimum Gasteiger partial charge on any atom is -0.369 e. The van der Waals surface area contributed by atoms with Crippen LogP contribution in [0, 0.1) is 12.7 Å². The van der Waals surface area contributed by atoms with Crippen molar-refractivity contribution in [3.8, 4) is 0 Å². The highest BCUT2D eigenvalue weighted by Gasteiger charge is 2.17. The zero-order valence-corrected chi connectivity index (χ0v) is 12.2. The number of nitrogens with zero attached hydrogens (tertiary/aromatic N) is 4. The molecule has 0 bridgehead atoms. The minimum absolute atomic E-state index is 0.185. The highest BCUT2D eigenvalue weighted by molar-refractivity contribution is 5.46. The van der Waals surface area contributed by atoms with Gasteiger partial charge in [-0.3, -0.25) is 14.9 Å². The van der Waals surface area contributed by atoms with Crippen molar-refractivity contribution in [1.29, 1.82) is 0 Å². The van der Waals surface area contributed by atoms with Crippen molar-refractivity contribution in [2.24, 2.45) is 0 Å². The molecule has 0 N–H and O–H groups in total. The summed E-state index contributed by atoms with van der Waals surface area (Å²) < 4.78 is 12.9. The zero-order chi connectivity index (χ0) is 14.7. The van der Waals surface area contributed by atoms with Gasteiger partial charge >= 0.3 is 0 Å². The van der Waals surface area contributed by atoms with E-state index in [0.717, 1.165) is 49.8 Å². The summed E-state index contributed by atoms with van der Waals surface area (Å²) in [6.45, 7) is 6.64. The average molecular weight is 286 g/mol. The predicted molar refractivity (Wildman–Crippen MR) is 80.7 cm³/mol. The minimum atomic E-state index is -0.185. The number of anilines is 1. The summed E-state index contributed by atoms with van der Waals surface area (Å²) in [4.78, 5) is 13.3. The number of piperazine rings is 1. The number of aryl methyl sites for hydroxylation is 1. The van der Waals surface area contributed by atoms with Crippen molar-refractivity contribution in [3.05, 3.63) is 53.9 Å². The van der Waals surface area contributed by atoms with Gasteiger partial charge in [0.25, 0.3) is 0 Å². The lowest BCUT2D eigenvalue weighted by molar-refractivity contribution is 0.247. The Balaban J connectivity index is 1.55. The Morgan fingerprint density at radius 2 is 1.71 bits per heavy atom. The molecule has 0 unspecified atom stereocenters. The van der Waals surface area contributed by atoms with Gasteiger partial charge in [0.1, 0.15) is 5.82 Å². The van der Waals surface area contributed by atoms with Gasteiger partial charge in [-0.2, -0.15) is 0 Å². The Kier molecular flexibility index (Phi) is 4.10. The predicted octanol–water partition coefficient (Wildman–Crippen LogP) is 2.25. The van der Waals surface area contributed by atoms with Gasteiger partial charge < -0.3 is 4.90 Å². The molecule has 4 nitrogen and oxygen atoms in total. The number of hydrogen-bond acceptors (Lipinski definition) is 4. The van der Waals surface area contributed by atoms with E-state index in [4.69, 9.17) is 0 Å². The molecule has 5 heteroatoms.